The monoisotopic (exact) mass is 353 g/mol. The van der Waals surface area contributed by atoms with E-state index in [9.17, 15) is 0 Å². The van der Waals surface area contributed by atoms with E-state index in [-0.39, 0.29) is 0 Å². The largest absolute Gasteiger partial charge is 0.356 e. The maximum Gasteiger partial charge on any atom is 0.225 e. The summed E-state index contributed by atoms with van der Waals surface area (Å²) in [6, 6.07) is 9.12. The van der Waals surface area contributed by atoms with Gasteiger partial charge in [-0.3, -0.25) is 0 Å². The van der Waals surface area contributed by atoms with Crippen LogP contribution >= 0.6 is 0 Å². The second kappa shape index (κ2) is 8.21. The van der Waals surface area contributed by atoms with Gasteiger partial charge in [0.1, 0.15) is 5.82 Å². The lowest BCUT2D eigenvalue weighted by molar-refractivity contribution is 0.160. The first-order valence-electron chi connectivity index (χ1n) is 10.3. The van der Waals surface area contributed by atoms with Crippen LogP contribution in [0.4, 0.5) is 11.8 Å². The summed E-state index contributed by atoms with van der Waals surface area (Å²) in [6.45, 7) is 7.93. The molecule has 4 rings (SSSR count). The predicted octanol–water partition coefficient (Wildman–Crippen LogP) is 3.91. The van der Waals surface area contributed by atoms with Crippen LogP contribution in [0, 0.1) is 0 Å². The van der Waals surface area contributed by atoms with Crippen molar-refractivity contribution in [1.82, 2.24) is 14.9 Å². The Bertz CT molecular complexity index is 725. The number of piperidine rings is 1. The van der Waals surface area contributed by atoms with Gasteiger partial charge in [-0.25, -0.2) is 4.98 Å². The zero-order chi connectivity index (χ0) is 17.8. The zero-order valence-electron chi connectivity index (χ0n) is 16.0. The summed E-state index contributed by atoms with van der Waals surface area (Å²) in [5.41, 5.74) is 1.04. The molecular formula is C21H31N5. The van der Waals surface area contributed by atoms with Gasteiger partial charge in [0.2, 0.25) is 5.95 Å². The van der Waals surface area contributed by atoms with Gasteiger partial charge in [0.25, 0.3) is 0 Å². The van der Waals surface area contributed by atoms with Crippen LogP contribution in [0.3, 0.4) is 0 Å². The molecule has 2 aromatic rings. The minimum absolute atomic E-state index is 0.738. The minimum atomic E-state index is 0.738. The molecule has 26 heavy (non-hydrogen) atoms. The van der Waals surface area contributed by atoms with Crippen molar-refractivity contribution in [2.24, 2.45) is 0 Å². The van der Waals surface area contributed by atoms with Crippen LogP contribution in [0.5, 0.6) is 0 Å². The van der Waals surface area contributed by atoms with Gasteiger partial charge in [0, 0.05) is 37.6 Å². The molecular weight excluding hydrogens is 322 g/mol. The number of likely N-dealkylation sites (tertiary alicyclic amines) is 1. The zero-order valence-corrected chi connectivity index (χ0v) is 16.0. The van der Waals surface area contributed by atoms with E-state index in [0.29, 0.717) is 0 Å². The molecule has 2 fully saturated rings. The van der Waals surface area contributed by atoms with E-state index in [1.54, 1.807) is 0 Å². The van der Waals surface area contributed by atoms with Crippen molar-refractivity contribution in [3.63, 3.8) is 0 Å². The normalized spacial score (nSPS) is 21.4. The highest BCUT2D eigenvalue weighted by Crippen LogP contribution is 2.27. The van der Waals surface area contributed by atoms with Crippen molar-refractivity contribution in [2.45, 2.75) is 51.5 Å². The fourth-order valence-electron chi connectivity index (χ4n) is 4.28. The highest BCUT2D eigenvalue weighted by Gasteiger charge is 2.19. The maximum atomic E-state index is 4.87. The van der Waals surface area contributed by atoms with Gasteiger partial charge >= 0.3 is 0 Å². The number of anilines is 2. The smallest absolute Gasteiger partial charge is 0.225 e. The molecule has 5 nitrogen and oxygen atoms in total. The lowest BCUT2D eigenvalue weighted by atomic mass is 10.0. The molecule has 0 radical (unpaired) electrons. The van der Waals surface area contributed by atoms with Crippen molar-refractivity contribution >= 4 is 22.7 Å². The van der Waals surface area contributed by atoms with Crippen molar-refractivity contribution in [3.8, 4) is 0 Å². The molecule has 2 saturated heterocycles. The lowest BCUT2D eigenvalue weighted by Crippen LogP contribution is -2.38. The van der Waals surface area contributed by atoms with E-state index < -0.39 is 0 Å². The topological polar surface area (TPSA) is 44.3 Å². The van der Waals surface area contributed by atoms with Crippen LogP contribution in [0.25, 0.3) is 10.9 Å². The van der Waals surface area contributed by atoms with Crippen LogP contribution in [-0.2, 0) is 0 Å². The maximum absolute atomic E-state index is 4.87. The Kier molecular flexibility index (Phi) is 5.54. The molecule has 1 atom stereocenters. The lowest BCUT2D eigenvalue weighted by Gasteiger charge is -2.33. The quantitative estimate of drug-likeness (QED) is 0.798. The van der Waals surface area contributed by atoms with Gasteiger partial charge < -0.3 is 15.1 Å². The van der Waals surface area contributed by atoms with Crippen molar-refractivity contribution in [1.29, 1.82) is 0 Å². The number of aromatic nitrogens is 2. The summed E-state index contributed by atoms with van der Waals surface area (Å²) >= 11 is 0. The Hall–Kier alpha value is -1.88. The Morgan fingerprint density at radius 3 is 2.69 bits per heavy atom. The summed E-state index contributed by atoms with van der Waals surface area (Å²) in [5.74, 6) is 1.87. The number of nitrogens with zero attached hydrogens (tertiary/aromatic N) is 4. The first-order valence-corrected chi connectivity index (χ1v) is 10.3. The number of hydrogen-bond acceptors (Lipinski definition) is 5. The number of para-hydroxylation sites is 1. The molecule has 1 aromatic carbocycles. The van der Waals surface area contributed by atoms with E-state index in [4.69, 9.17) is 9.97 Å². The third-order valence-electron chi connectivity index (χ3n) is 5.83. The summed E-state index contributed by atoms with van der Waals surface area (Å²) in [4.78, 5) is 14.7. The molecule has 0 bridgehead atoms. The molecule has 0 saturated carbocycles. The first kappa shape index (κ1) is 17.5. The van der Waals surface area contributed by atoms with E-state index in [0.717, 1.165) is 49.4 Å². The van der Waals surface area contributed by atoms with Gasteiger partial charge in [-0.05, 0) is 57.7 Å². The fraction of sp³-hybridized carbons (Fsp3) is 0.619. The molecule has 1 N–H and O–H groups in total. The molecule has 5 heteroatoms. The number of benzene rings is 1. The molecule has 0 aliphatic carbocycles. The van der Waals surface area contributed by atoms with Crippen LogP contribution in [0.15, 0.2) is 24.3 Å². The highest BCUT2D eigenvalue weighted by atomic mass is 15.2. The van der Waals surface area contributed by atoms with Crippen LogP contribution in [0.1, 0.15) is 45.4 Å². The molecule has 0 spiro atoms. The van der Waals surface area contributed by atoms with Crippen LogP contribution < -0.4 is 10.2 Å². The van der Waals surface area contributed by atoms with Gasteiger partial charge in [-0.1, -0.05) is 18.6 Å². The average Bonchev–Trinajstić information content (AvgIpc) is 3.20. The third-order valence-corrected chi connectivity index (χ3v) is 5.83. The van der Waals surface area contributed by atoms with Crippen LogP contribution in [0.2, 0.25) is 0 Å². The Balaban J connectivity index is 1.41. The molecule has 2 aliphatic rings. The third kappa shape index (κ3) is 3.93. The highest BCUT2D eigenvalue weighted by molar-refractivity contribution is 5.90. The Morgan fingerprint density at radius 2 is 1.85 bits per heavy atom. The SMILES string of the molecule is CC1CCCCN1CCCNc1nc(N2CCCC2)c2ccccc2n1. The summed E-state index contributed by atoms with van der Waals surface area (Å²) in [7, 11) is 0. The average molecular weight is 354 g/mol. The van der Waals surface area contributed by atoms with E-state index >= 15 is 0 Å². The van der Waals surface area contributed by atoms with E-state index in [1.165, 1.54) is 50.6 Å². The second-order valence-electron chi connectivity index (χ2n) is 7.74. The van der Waals surface area contributed by atoms with Gasteiger partial charge in [-0.2, -0.15) is 4.98 Å². The fourth-order valence-corrected chi connectivity index (χ4v) is 4.28. The number of fused-ring (bicyclic) bond motifs is 1. The van der Waals surface area contributed by atoms with Gasteiger partial charge in [-0.15, -0.1) is 0 Å². The van der Waals surface area contributed by atoms with Crippen molar-refractivity contribution in [3.05, 3.63) is 24.3 Å². The van der Waals surface area contributed by atoms with Crippen LogP contribution in [-0.4, -0.2) is 53.6 Å². The summed E-state index contributed by atoms with van der Waals surface area (Å²) < 4.78 is 0. The number of nitrogens with one attached hydrogen (secondary N) is 1. The number of hydrogen-bond donors (Lipinski definition) is 1. The van der Waals surface area contributed by atoms with Crippen molar-refractivity contribution < 1.29 is 0 Å². The second-order valence-corrected chi connectivity index (χ2v) is 7.74. The molecule has 3 heterocycles. The summed E-state index contributed by atoms with van der Waals surface area (Å²) in [6.07, 6.45) is 7.75. The molecule has 140 valence electrons. The van der Waals surface area contributed by atoms with Gasteiger partial charge in [0.05, 0.1) is 5.52 Å². The summed E-state index contributed by atoms with van der Waals surface area (Å²) in [5, 5.41) is 4.65. The van der Waals surface area contributed by atoms with Crippen molar-refractivity contribution in [2.75, 3.05) is 42.9 Å². The molecule has 2 aliphatic heterocycles. The predicted molar refractivity (Wildman–Crippen MR) is 109 cm³/mol. The molecule has 0 amide bonds. The first-order chi connectivity index (χ1) is 12.8. The minimum Gasteiger partial charge on any atom is -0.356 e. The number of rotatable bonds is 6. The van der Waals surface area contributed by atoms with Gasteiger partial charge in [0.15, 0.2) is 0 Å². The van der Waals surface area contributed by atoms with E-state index in [2.05, 4.69) is 46.3 Å². The van der Waals surface area contributed by atoms with E-state index in [1.807, 2.05) is 0 Å². The molecule has 1 aromatic heterocycles. The standard InChI is InChI=1S/C21H31N5/c1-17-9-4-5-13-25(17)16-8-12-22-21-23-19-11-3-2-10-18(19)20(24-21)26-14-6-7-15-26/h2-3,10-11,17H,4-9,12-16H2,1H3,(H,22,23,24). The Labute approximate surface area is 156 Å². The molecule has 1 unspecified atom stereocenters. The Morgan fingerprint density at radius 1 is 1.04 bits per heavy atom.